The van der Waals surface area contributed by atoms with Crippen molar-refractivity contribution in [1.82, 2.24) is 0 Å². The zero-order chi connectivity index (χ0) is 7.00. The number of rotatable bonds is 0. The Kier molecular flexibility index (Phi) is 1.76. The van der Waals surface area contributed by atoms with Gasteiger partial charge in [-0.05, 0) is 6.92 Å². The second-order valence-corrected chi connectivity index (χ2v) is 2.10. The first kappa shape index (κ1) is 8.01. The van der Waals surface area contributed by atoms with Gasteiger partial charge in [-0.2, -0.15) is 13.2 Å². The van der Waals surface area contributed by atoms with Gasteiger partial charge in [0.1, 0.15) is 0 Å². The largest absolute Gasteiger partial charge is 0.436 e. The molecule has 0 aromatic rings. The predicted octanol–water partition coefficient (Wildman–Crippen LogP) is 2.47. The third-order valence-corrected chi connectivity index (χ3v) is 0.712. The molecule has 0 aliphatic rings. The minimum Gasteiger partial charge on any atom is -0.216 e. The third-order valence-electron chi connectivity index (χ3n) is 0.498. The smallest absolute Gasteiger partial charge is 0.216 e. The average Bonchev–Trinajstić information content (AvgIpc) is 1.25. The molecule has 0 aromatic heterocycles. The monoisotopic (exact) mass is 150 g/mol. The summed E-state index contributed by atoms with van der Waals surface area (Å²) in [6.07, 6.45) is -4.96. The van der Waals surface area contributed by atoms with Crippen LogP contribution in [0.2, 0.25) is 0 Å². The zero-order valence-electron chi connectivity index (χ0n) is 3.89. The molecule has 0 amide bonds. The number of alkyl halides is 5. The van der Waals surface area contributed by atoms with Gasteiger partial charge in [0.05, 0.1) is 0 Å². The van der Waals surface area contributed by atoms with Crippen molar-refractivity contribution in [3.8, 4) is 0 Å². The Morgan fingerprint density at radius 2 is 1.25 bits per heavy atom. The lowest BCUT2D eigenvalue weighted by molar-refractivity contribution is -0.192. The molecule has 50 valence electrons. The maximum Gasteiger partial charge on any atom is 0.436 e. The van der Waals surface area contributed by atoms with Crippen LogP contribution in [0.1, 0.15) is 6.92 Å². The van der Waals surface area contributed by atoms with Crippen molar-refractivity contribution in [3.63, 3.8) is 0 Å². The molecule has 1 unspecified atom stereocenters. The van der Waals surface area contributed by atoms with Crippen LogP contribution in [0.4, 0.5) is 17.6 Å². The fraction of sp³-hybridized carbons (Fsp3) is 1.00. The van der Waals surface area contributed by atoms with Crippen molar-refractivity contribution < 1.29 is 17.6 Å². The summed E-state index contributed by atoms with van der Waals surface area (Å²) in [4.78, 5) is 0. The lowest BCUT2D eigenvalue weighted by Gasteiger charge is -2.14. The third kappa shape index (κ3) is 1.86. The van der Waals surface area contributed by atoms with Crippen LogP contribution in [0.15, 0.2) is 0 Å². The van der Waals surface area contributed by atoms with Crippen LogP contribution in [0.3, 0.4) is 0 Å². The number of hydrogen-bond donors (Lipinski definition) is 0. The summed E-state index contributed by atoms with van der Waals surface area (Å²) in [6.45, 7) is 0.245. The van der Waals surface area contributed by atoms with Crippen molar-refractivity contribution >= 4 is 11.6 Å². The molecule has 0 aromatic carbocycles. The van der Waals surface area contributed by atoms with Crippen LogP contribution in [-0.4, -0.2) is 11.3 Å². The van der Waals surface area contributed by atoms with Crippen LogP contribution in [0, 0.1) is 0 Å². The maximum absolute atomic E-state index is 11.5. The van der Waals surface area contributed by atoms with Gasteiger partial charge in [-0.1, -0.05) is 11.6 Å². The minimum absolute atomic E-state index is 0.245. The van der Waals surface area contributed by atoms with Crippen LogP contribution in [-0.2, 0) is 0 Å². The van der Waals surface area contributed by atoms with E-state index in [4.69, 9.17) is 0 Å². The highest BCUT2D eigenvalue weighted by Crippen LogP contribution is 2.36. The fourth-order valence-corrected chi connectivity index (χ4v) is 0. The van der Waals surface area contributed by atoms with E-state index in [2.05, 4.69) is 11.6 Å². The topological polar surface area (TPSA) is 0 Å². The Labute approximate surface area is 48.4 Å². The molecule has 0 spiro atoms. The predicted molar refractivity (Wildman–Crippen MR) is 21.4 cm³/mol. The Bertz CT molecular complexity index is 66.3. The summed E-state index contributed by atoms with van der Waals surface area (Å²) in [5.74, 6) is 0. The molecule has 0 fully saturated rings. The van der Waals surface area contributed by atoms with Crippen molar-refractivity contribution in [1.29, 1.82) is 0 Å². The van der Waals surface area contributed by atoms with E-state index in [0.717, 1.165) is 0 Å². The molecule has 0 saturated carbocycles. The Hall–Kier alpha value is 0.01000. The van der Waals surface area contributed by atoms with E-state index in [-0.39, 0.29) is 6.92 Å². The van der Waals surface area contributed by atoms with Gasteiger partial charge in [-0.15, -0.1) is 0 Å². The summed E-state index contributed by atoms with van der Waals surface area (Å²) in [5.41, 5.74) is 0. The van der Waals surface area contributed by atoms with Gasteiger partial charge in [0, 0.05) is 0 Å². The van der Waals surface area contributed by atoms with E-state index in [1.165, 1.54) is 0 Å². The van der Waals surface area contributed by atoms with E-state index in [1.807, 2.05) is 0 Å². The highest BCUT2D eigenvalue weighted by atomic mass is 35.5. The van der Waals surface area contributed by atoms with Gasteiger partial charge in [0.25, 0.3) is 5.13 Å². The highest BCUT2D eigenvalue weighted by Gasteiger charge is 2.50. The van der Waals surface area contributed by atoms with E-state index in [0.29, 0.717) is 0 Å². The first-order chi connectivity index (χ1) is 3.25. The van der Waals surface area contributed by atoms with Crippen LogP contribution in [0.25, 0.3) is 0 Å². The molecule has 0 bridgehead atoms. The first-order valence-electron chi connectivity index (χ1n) is 1.69. The fourth-order valence-electron chi connectivity index (χ4n) is 0. The average molecular weight is 151 g/mol. The van der Waals surface area contributed by atoms with Crippen LogP contribution in [0.5, 0.6) is 0 Å². The second-order valence-electron chi connectivity index (χ2n) is 1.39. The Morgan fingerprint density at radius 3 is 1.25 bits per heavy atom. The van der Waals surface area contributed by atoms with Crippen LogP contribution >= 0.6 is 11.6 Å². The van der Waals surface area contributed by atoms with Crippen molar-refractivity contribution in [2.24, 2.45) is 0 Å². The van der Waals surface area contributed by atoms with Crippen LogP contribution < -0.4 is 0 Å². The summed E-state index contributed by atoms with van der Waals surface area (Å²) in [7, 11) is 0. The summed E-state index contributed by atoms with van der Waals surface area (Å²) < 4.78 is 44.7. The molecule has 0 radical (unpaired) electrons. The molecule has 1 atom stereocenters. The molecule has 0 rings (SSSR count). The molecular formula is C3H3ClF4. The molecular weight excluding hydrogens is 147 g/mol. The lowest BCUT2D eigenvalue weighted by Crippen LogP contribution is -2.31. The molecule has 0 aliphatic carbocycles. The first-order valence-corrected chi connectivity index (χ1v) is 2.07. The van der Waals surface area contributed by atoms with Crippen molar-refractivity contribution in [2.45, 2.75) is 18.2 Å². The summed E-state index contributed by atoms with van der Waals surface area (Å²) >= 11 is 4.22. The van der Waals surface area contributed by atoms with E-state index < -0.39 is 11.3 Å². The van der Waals surface area contributed by atoms with Gasteiger partial charge >= 0.3 is 6.18 Å². The molecule has 8 heavy (non-hydrogen) atoms. The van der Waals surface area contributed by atoms with Gasteiger partial charge in [-0.3, -0.25) is 0 Å². The summed E-state index contributed by atoms with van der Waals surface area (Å²) in [5, 5.41) is -3.59. The molecule has 0 heterocycles. The van der Waals surface area contributed by atoms with E-state index in [1.54, 1.807) is 0 Å². The van der Waals surface area contributed by atoms with Crippen molar-refractivity contribution in [2.75, 3.05) is 0 Å². The molecule has 5 heteroatoms. The lowest BCUT2D eigenvalue weighted by atomic mass is 10.4. The molecule has 0 aliphatic heterocycles. The van der Waals surface area contributed by atoms with E-state index >= 15 is 0 Å². The molecule has 0 nitrogen and oxygen atoms in total. The molecule has 0 saturated heterocycles. The summed E-state index contributed by atoms with van der Waals surface area (Å²) in [6, 6.07) is 0. The minimum atomic E-state index is -4.96. The highest BCUT2D eigenvalue weighted by molar-refractivity contribution is 6.23. The standard InChI is InChI=1S/C3H3ClF4/c1-2(4,5)3(6,7)8/h1H3. The van der Waals surface area contributed by atoms with Gasteiger partial charge in [0.2, 0.25) is 0 Å². The molecule has 0 N–H and O–H groups in total. The van der Waals surface area contributed by atoms with Crippen molar-refractivity contribution in [3.05, 3.63) is 0 Å². The SMILES string of the molecule is CC(F)(Cl)C(F)(F)F. The quantitative estimate of drug-likeness (QED) is 0.368. The van der Waals surface area contributed by atoms with Gasteiger partial charge < -0.3 is 0 Å². The number of halogens is 5. The Balaban J connectivity index is 4.02. The Morgan fingerprint density at radius 1 is 1.12 bits per heavy atom. The normalized spacial score (nSPS) is 20.2. The maximum atomic E-state index is 11.5. The zero-order valence-corrected chi connectivity index (χ0v) is 4.65. The van der Waals surface area contributed by atoms with Gasteiger partial charge in [0.15, 0.2) is 0 Å². The number of hydrogen-bond acceptors (Lipinski definition) is 0. The van der Waals surface area contributed by atoms with Gasteiger partial charge in [-0.25, -0.2) is 4.39 Å². The van der Waals surface area contributed by atoms with E-state index in [9.17, 15) is 17.6 Å². The second kappa shape index (κ2) is 1.76.